The average Bonchev–Trinajstić information content (AvgIpc) is 3.19. The first-order chi connectivity index (χ1) is 16.5. The molecule has 1 atom stereocenters. The van der Waals surface area contributed by atoms with Crippen molar-refractivity contribution >= 4 is 34.4 Å². The fraction of sp³-hybridized carbons (Fsp3) is 0.292. The van der Waals surface area contributed by atoms with Crippen LogP contribution in [-0.2, 0) is 13.1 Å². The Morgan fingerprint density at radius 1 is 1.15 bits per heavy atom. The predicted molar refractivity (Wildman–Crippen MR) is 129 cm³/mol. The third kappa shape index (κ3) is 4.67. The number of nitrogens with zero attached hydrogens (tertiary/aromatic N) is 4. The zero-order chi connectivity index (χ0) is 23.7. The van der Waals surface area contributed by atoms with Gasteiger partial charge in [0.15, 0.2) is 17.3 Å². The van der Waals surface area contributed by atoms with Crippen LogP contribution in [0, 0.1) is 17.6 Å². The monoisotopic (exact) mass is 483 g/mol. The number of benzene rings is 2. The molecule has 0 unspecified atom stereocenters. The number of hydrogen-bond acceptors (Lipinski definition) is 6. The standard InChI is InChI=1S/C24H24ClF2N7/c25-18-5-4-16(28)9-17(18)22-32-21-12-31-24(30-11-14-3-6-19(26)20(27)8-14)33-23(21)34(22)13-15-2-1-7-29-10-15/h3-6,8-9,12,15,29H,1-2,7,10-11,13,28H2,(H,30,31,33)/t15-/m1/s1. The lowest BCUT2D eigenvalue weighted by Gasteiger charge is -2.24. The van der Waals surface area contributed by atoms with Gasteiger partial charge in [-0.15, -0.1) is 0 Å². The van der Waals surface area contributed by atoms with E-state index in [-0.39, 0.29) is 6.54 Å². The summed E-state index contributed by atoms with van der Waals surface area (Å²) in [6.45, 7) is 2.90. The lowest BCUT2D eigenvalue weighted by atomic mass is 9.99. The van der Waals surface area contributed by atoms with Gasteiger partial charge in [-0.1, -0.05) is 17.7 Å². The second-order valence-corrected chi connectivity index (χ2v) is 8.91. The Hall–Kier alpha value is -3.30. The van der Waals surface area contributed by atoms with Gasteiger partial charge in [-0.05, 0) is 67.7 Å². The van der Waals surface area contributed by atoms with Crippen LogP contribution in [0.15, 0.2) is 42.6 Å². The smallest absolute Gasteiger partial charge is 0.225 e. The Bertz CT molecular complexity index is 1330. The van der Waals surface area contributed by atoms with Crippen molar-refractivity contribution in [2.75, 3.05) is 24.1 Å². The first-order valence-corrected chi connectivity index (χ1v) is 11.5. The number of fused-ring (bicyclic) bond motifs is 1. The van der Waals surface area contributed by atoms with Crippen LogP contribution in [0.5, 0.6) is 0 Å². The summed E-state index contributed by atoms with van der Waals surface area (Å²) in [5, 5.41) is 7.09. The van der Waals surface area contributed by atoms with Gasteiger partial charge in [0.1, 0.15) is 11.3 Å². The van der Waals surface area contributed by atoms with E-state index in [1.165, 1.54) is 6.07 Å². The van der Waals surface area contributed by atoms with Crippen molar-refractivity contribution in [2.45, 2.75) is 25.9 Å². The summed E-state index contributed by atoms with van der Waals surface area (Å²) in [5.41, 5.74) is 9.25. The zero-order valence-corrected chi connectivity index (χ0v) is 19.1. The van der Waals surface area contributed by atoms with Crippen molar-refractivity contribution < 1.29 is 8.78 Å². The highest BCUT2D eigenvalue weighted by Crippen LogP contribution is 2.32. The van der Waals surface area contributed by atoms with Gasteiger partial charge in [-0.25, -0.2) is 18.7 Å². The maximum absolute atomic E-state index is 13.5. The fourth-order valence-electron chi connectivity index (χ4n) is 4.27. The summed E-state index contributed by atoms with van der Waals surface area (Å²) in [4.78, 5) is 13.9. The van der Waals surface area contributed by atoms with E-state index in [1.807, 2.05) is 6.07 Å². The molecule has 5 rings (SSSR count). The van der Waals surface area contributed by atoms with E-state index in [0.717, 1.165) is 43.6 Å². The summed E-state index contributed by atoms with van der Waals surface area (Å²) >= 11 is 6.52. The van der Waals surface area contributed by atoms with Gasteiger partial charge in [-0.2, -0.15) is 4.98 Å². The second-order valence-electron chi connectivity index (χ2n) is 8.50. The number of hydrogen-bond donors (Lipinski definition) is 3. The van der Waals surface area contributed by atoms with Gasteiger partial charge in [0.05, 0.1) is 11.2 Å². The van der Waals surface area contributed by atoms with Crippen molar-refractivity contribution in [1.29, 1.82) is 0 Å². The third-order valence-corrected chi connectivity index (χ3v) is 6.32. The van der Waals surface area contributed by atoms with Crippen LogP contribution in [0.25, 0.3) is 22.6 Å². The predicted octanol–water partition coefficient (Wildman–Crippen LogP) is 4.62. The van der Waals surface area contributed by atoms with Crippen LogP contribution in [-0.4, -0.2) is 32.6 Å². The van der Waals surface area contributed by atoms with Crippen molar-refractivity contribution in [3.05, 3.63) is 64.8 Å². The van der Waals surface area contributed by atoms with Crippen molar-refractivity contribution in [3.63, 3.8) is 0 Å². The first kappa shape index (κ1) is 22.5. The van der Waals surface area contributed by atoms with Gasteiger partial charge in [0.2, 0.25) is 5.95 Å². The van der Waals surface area contributed by atoms with Gasteiger partial charge >= 0.3 is 0 Å². The summed E-state index contributed by atoms with van der Waals surface area (Å²) in [6.07, 6.45) is 3.86. The SMILES string of the molecule is Nc1ccc(Cl)c(-c2nc3cnc(NCc4ccc(F)c(F)c4)nc3n2C[C@@H]2CCCNC2)c1. The summed E-state index contributed by atoms with van der Waals surface area (Å²) in [5.74, 6) is -0.303. The molecule has 0 aliphatic carbocycles. The maximum atomic E-state index is 13.5. The topological polar surface area (TPSA) is 93.7 Å². The Balaban J connectivity index is 1.51. The van der Waals surface area contributed by atoms with E-state index < -0.39 is 11.6 Å². The Kier molecular flexibility index (Phi) is 6.30. The first-order valence-electron chi connectivity index (χ1n) is 11.1. The van der Waals surface area contributed by atoms with Crippen LogP contribution in [0.3, 0.4) is 0 Å². The van der Waals surface area contributed by atoms with E-state index in [2.05, 4.69) is 20.2 Å². The molecule has 1 aliphatic heterocycles. The van der Waals surface area contributed by atoms with Crippen LogP contribution in [0.1, 0.15) is 18.4 Å². The molecule has 1 fully saturated rings. The van der Waals surface area contributed by atoms with Crippen LogP contribution in [0.2, 0.25) is 5.02 Å². The molecule has 1 aliphatic rings. The molecule has 4 aromatic rings. The largest absolute Gasteiger partial charge is 0.399 e. The number of piperidine rings is 1. The van der Waals surface area contributed by atoms with Crippen molar-refractivity contribution in [1.82, 2.24) is 24.8 Å². The number of imidazole rings is 1. The molecule has 10 heteroatoms. The number of halogens is 3. The Morgan fingerprint density at radius 2 is 2.03 bits per heavy atom. The molecule has 2 aromatic carbocycles. The van der Waals surface area contributed by atoms with Crippen LogP contribution < -0.4 is 16.4 Å². The molecule has 0 radical (unpaired) electrons. The Morgan fingerprint density at radius 3 is 2.82 bits per heavy atom. The molecule has 3 heterocycles. The number of nitrogens with one attached hydrogen (secondary N) is 2. The molecule has 4 N–H and O–H groups in total. The molecular weight excluding hydrogens is 460 g/mol. The molecule has 1 saturated heterocycles. The van der Waals surface area contributed by atoms with E-state index in [1.54, 1.807) is 18.3 Å². The van der Waals surface area contributed by atoms with E-state index >= 15 is 0 Å². The quantitative estimate of drug-likeness (QED) is 0.346. The van der Waals surface area contributed by atoms with Crippen LogP contribution >= 0.6 is 11.6 Å². The number of anilines is 2. The minimum absolute atomic E-state index is 0.247. The average molecular weight is 484 g/mol. The van der Waals surface area contributed by atoms with Crippen molar-refractivity contribution in [2.24, 2.45) is 5.92 Å². The highest BCUT2D eigenvalue weighted by atomic mass is 35.5. The molecular formula is C24H24ClF2N7. The second kappa shape index (κ2) is 9.52. The molecule has 34 heavy (non-hydrogen) atoms. The third-order valence-electron chi connectivity index (χ3n) is 5.99. The summed E-state index contributed by atoms with van der Waals surface area (Å²) in [6, 6.07) is 9.11. The normalized spacial score (nSPS) is 16.1. The number of aromatic nitrogens is 4. The fourth-order valence-corrected chi connectivity index (χ4v) is 4.47. The van der Waals surface area contributed by atoms with E-state index in [4.69, 9.17) is 27.3 Å². The lowest BCUT2D eigenvalue weighted by molar-refractivity contribution is 0.341. The Labute approximate surface area is 200 Å². The number of rotatable bonds is 6. The van der Waals surface area contributed by atoms with Gasteiger partial charge in [-0.3, -0.25) is 0 Å². The maximum Gasteiger partial charge on any atom is 0.225 e. The highest BCUT2D eigenvalue weighted by molar-refractivity contribution is 6.33. The molecule has 0 amide bonds. The number of nitrogen functional groups attached to an aromatic ring is 1. The van der Waals surface area contributed by atoms with Crippen molar-refractivity contribution in [3.8, 4) is 11.4 Å². The molecule has 0 bridgehead atoms. The molecule has 0 spiro atoms. The molecule has 7 nitrogen and oxygen atoms in total. The van der Waals surface area contributed by atoms with Gasteiger partial charge in [0.25, 0.3) is 0 Å². The van der Waals surface area contributed by atoms with Crippen LogP contribution in [0.4, 0.5) is 20.4 Å². The summed E-state index contributed by atoms with van der Waals surface area (Å²) < 4.78 is 28.8. The molecule has 0 saturated carbocycles. The minimum Gasteiger partial charge on any atom is -0.399 e. The summed E-state index contributed by atoms with van der Waals surface area (Å²) in [7, 11) is 0. The van der Waals surface area contributed by atoms with Gasteiger partial charge in [0, 0.05) is 24.3 Å². The molecule has 176 valence electrons. The zero-order valence-electron chi connectivity index (χ0n) is 18.4. The van der Waals surface area contributed by atoms with Gasteiger partial charge < -0.3 is 20.9 Å². The number of nitrogens with two attached hydrogens (primary N) is 1. The molecule has 2 aromatic heterocycles. The highest BCUT2D eigenvalue weighted by Gasteiger charge is 2.22. The lowest BCUT2D eigenvalue weighted by Crippen LogP contribution is -2.32. The minimum atomic E-state index is -0.890. The van der Waals surface area contributed by atoms with E-state index in [9.17, 15) is 8.78 Å². The van der Waals surface area contributed by atoms with E-state index in [0.29, 0.717) is 51.7 Å².